The van der Waals surface area contributed by atoms with Gasteiger partial charge in [-0.1, -0.05) is 0 Å². The summed E-state index contributed by atoms with van der Waals surface area (Å²) in [5, 5.41) is 19.3. The van der Waals surface area contributed by atoms with E-state index in [1.54, 1.807) is 12.1 Å². The Labute approximate surface area is 73.4 Å². The van der Waals surface area contributed by atoms with Crippen LogP contribution < -0.4 is 5.32 Å². The first-order valence-electron chi connectivity index (χ1n) is 3.04. The molecule has 62 valence electrons. The SMILES string of the molecule is CNC.N#CC1=C(C#N)N=[P-]=N1.[H+]. The van der Waals surface area contributed by atoms with E-state index in [1.807, 2.05) is 14.1 Å². The van der Waals surface area contributed by atoms with E-state index in [0.29, 0.717) is 8.16 Å². The summed E-state index contributed by atoms with van der Waals surface area (Å²) in [6.07, 6.45) is 0. The van der Waals surface area contributed by atoms with E-state index in [-0.39, 0.29) is 12.8 Å². The molecule has 6 heteroatoms. The summed E-state index contributed by atoms with van der Waals surface area (Å²) in [7, 11) is 4.19. The van der Waals surface area contributed by atoms with Crippen molar-refractivity contribution in [1.82, 2.24) is 5.32 Å². The van der Waals surface area contributed by atoms with Crippen LogP contribution in [-0.4, -0.2) is 14.1 Å². The topological polar surface area (TPSA) is 84.3 Å². The van der Waals surface area contributed by atoms with Gasteiger partial charge in [0.05, 0.1) is 0 Å². The van der Waals surface area contributed by atoms with Crippen LogP contribution >= 0.6 is 8.16 Å². The fraction of sp³-hybridized carbons (Fsp3) is 0.333. The first-order chi connectivity index (χ1) is 5.79. The Balaban J connectivity index is 0. The molecule has 0 amide bonds. The number of hydrogen-bond acceptors (Lipinski definition) is 5. The Morgan fingerprint density at radius 3 is 1.83 bits per heavy atom. The standard InChI is InChI=1S/C4N4P.C2H7N/c5-1-3-4(2-6)8-9-7-3;1-3-2/h;3H,1-2H3/q-1;/p+1. The average Bonchev–Trinajstić information content (AvgIpc) is 2.52. The molecule has 0 unspecified atom stereocenters. The van der Waals surface area contributed by atoms with Gasteiger partial charge in [-0.2, -0.15) is 10.5 Å². The van der Waals surface area contributed by atoms with Crippen LogP contribution in [0.1, 0.15) is 1.43 Å². The first-order valence-corrected chi connectivity index (χ1v) is 3.84. The predicted molar refractivity (Wildman–Crippen MR) is 46.1 cm³/mol. The molecule has 12 heavy (non-hydrogen) atoms. The van der Waals surface area contributed by atoms with Gasteiger partial charge in [-0.3, -0.25) is 0 Å². The number of rotatable bonds is 0. The molecular formula is C6H8N5P. The summed E-state index contributed by atoms with van der Waals surface area (Å²) in [5.74, 6) is 0. The van der Waals surface area contributed by atoms with Crippen molar-refractivity contribution in [2.24, 2.45) is 9.49 Å². The third-order valence-corrected chi connectivity index (χ3v) is 1.30. The molecule has 0 saturated carbocycles. The Morgan fingerprint density at radius 2 is 1.58 bits per heavy atom. The monoisotopic (exact) mass is 181 g/mol. The Hall–Kier alpha value is -1.42. The normalized spacial score (nSPS) is 12.3. The van der Waals surface area contributed by atoms with Gasteiger partial charge in [0.1, 0.15) is 23.5 Å². The summed E-state index contributed by atoms with van der Waals surface area (Å²) in [5.41, 5.74) is 0.276. The molecule has 1 N–H and O–H groups in total. The number of nitrogens with one attached hydrogen (secondary N) is 1. The molecule has 1 aliphatic heterocycles. The number of nitriles is 2. The minimum absolute atomic E-state index is 0. The van der Waals surface area contributed by atoms with E-state index in [0.717, 1.165) is 0 Å². The van der Waals surface area contributed by atoms with Crippen LogP contribution in [-0.2, 0) is 0 Å². The molecule has 0 radical (unpaired) electrons. The highest BCUT2D eigenvalue weighted by Gasteiger charge is 1.96. The van der Waals surface area contributed by atoms with Crippen LogP contribution in [0, 0.1) is 22.7 Å². The molecule has 0 aromatic carbocycles. The van der Waals surface area contributed by atoms with Crippen LogP contribution in [0.3, 0.4) is 0 Å². The van der Waals surface area contributed by atoms with Gasteiger partial charge in [-0.05, 0) is 14.1 Å². The van der Waals surface area contributed by atoms with Crippen molar-refractivity contribution in [3.05, 3.63) is 11.4 Å². The van der Waals surface area contributed by atoms with Gasteiger partial charge in [0.2, 0.25) is 0 Å². The van der Waals surface area contributed by atoms with Gasteiger partial charge in [-0.25, -0.2) is 0 Å². The highest BCUT2D eigenvalue weighted by molar-refractivity contribution is 7.15. The lowest BCUT2D eigenvalue weighted by molar-refractivity contribution is 1.02. The third-order valence-electron chi connectivity index (χ3n) is 0.726. The molecule has 1 aliphatic rings. The molecular weight excluding hydrogens is 173 g/mol. The van der Waals surface area contributed by atoms with Gasteiger partial charge in [0.25, 0.3) is 0 Å². The summed E-state index contributed by atoms with van der Waals surface area (Å²) in [6, 6.07) is 3.51. The van der Waals surface area contributed by atoms with E-state index < -0.39 is 0 Å². The zero-order valence-electron chi connectivity index (χ0n) is 7.74. The molecule has 0 saturated heterocycles. The molecule has 0 atom stereocenters. The molecule has 0 bridgehead atoms. The third kappa shape index (κ3) is 3.12. The lowest BCUT2D eigenvalue weighted by Gasteiger charge is -1.84. The molecule has 0 aromatic rings. The minimum Gasteiger partial charge on any atom is -0.414 e. The molecule has 5 nitrogen and oxygen atoms in total. The van der Waals surface area contributed by atoms with Crippen LogP contribution in [0.2, 0.25) is 0 Å². The first kappa shape index (κ1) is 10.6. The fourth-order valence-electron chi connectivity index (χ4n) is 0.357. The van der Waals surface area contributed by atoms with Gasteiger partial charge in [0, 0.05) is 0 Å². The van der Waals surface area contributed by atoms with E-state index in [2.05, 4.69) is 14.8 Å². The molecule has 0 fully saturated rings. The second kappa shape index (κ2) is 6.30. The minimum atomic E-state index is 0. The van der Waals surface area contributed by atoms with Crippen molar-refractivity contribution >= 4 is 8.16 Å². The van der Waals surface area contributed by atoms with Crippen molar-refractivity contribution < 1.29 is 1.43 Å². The van der Waals surface area contributed by atoms with Crippen molar-refractivity contribution in [2.45, 2.75) is 0 Å². The largest absolute Gasteiger partial charge is 1.00 e. The number of hydrogen-bond donors (Lipinski definition) is 1. The molecule has 1 rings (SSSR count). The van der Waals surface area contributed by atoms with E-state index >= 15 is 0 Å². The predicted octanol–water partition coefficient (Wildman–Crippen LogP) is 1.52. The smallest absolute Gasteiger partial charge is 0.414 e. The number of nitrogens with zero attached hydrogens (tertiary/aromatic N) is 4. The van der Waals surface area contributed by atoms with Crippen molar-refractivity contribution in [1.29, 1.82) is 10.5 Å². The summed E-state index contributed by atoms with van der Waals surface area (Å²) in [6.45, 7) is 0. The zero-order chi connectivity index (χ0) is 9.40. The highest BCUT2D eigenvalue weighted by atomic mass is 31.0. The van der Waals surface area contributed by atoms with E-state index in [9.17, 15) is 0 Å². The Bertz CT molecular complexity index is 300. The fourth-order valence-corrected chi connectivity index (χ4v) is 0.860. The van der Waals surface area contributed by atoms with Crippen LogP contribution in [0.25, 0.3) is 0 Å². The van der Waals surface area contributed by atoms with Gasteiger partial charge in [-0.15, -0.1) is 0 Å². The van der Waals surface area contributed by atoms with E-state index in [4.69, 9.17) is 10.5 Å². The molecule has 0 spiro atoms. The van der Waals surface area contributed by atoms with Crippen LogP contribution in [0.4, 0.5) is 0 Å². The lowest BCUT2D eigenvalue weighted by atomic mass is 10.4. The number of allylic oxidation sites excluding steroid dienone is 2. The molecule has 0 aliphatic carbocycles. The lowest BCUT2D eigenvalue weighted by Crippen LogP contribution is -1.89. The summed E-state index contributed by atoms with van der Waals surface area (Å²) < 4.78 is 7.22. The van der Waals surface area contributed by atoms with Crippen LogP contribution in [0.15, 0.2) is 20.9 Å². The Morgan fingerprint density at radius 1 is 1.25 bits per heavy atom. The van der Waals surface area contributed by atoms with Crippen molar-refractivity contribution in [3.8, 4) is 12.1 Å². The second-order valence-corrected chi connectivity index (χ2v) is 2.29. The van der Waals surface area contributed by atoms with Gasteiger partial charge >= 0.3 is 1.43 Å². The maximum Gasteiger partial charge on any atom is 1.00 e. The summed E-state index contributed by atoms with van der Waals surface area (Å²) in [4.78, 5) is 0. The Kier molecular flexibility index (Phi) is 5.55. The average molecular weight is 181 g/mol. The van der Waals surface area contributed by atoms with Crippen molar-refractivity contribution in [3.63, 3.8) is 0 Å². The molecule has 1 heterocycles. The van der Waals surface area contributed by atoms with Gasteiger partial charge < -0.3 is 23.0 Å². The van der Waals surface area contributed by atoms with Crippen molar-refractivity contribution in [2.75, 3.05) is 14.1 Å². The zero-order valence-corrected chi connectivity index (χ0v) is 7.63. The van der Waals surface area contributed by atoms with E-state index in [1.165, 1.54) is 0 Å². The second-order valence-electron chi connectivity index (χ2n) is 1.71. The quantitative estimate of drug-likeness (QED) is 0.575. The van der Waals surface area contributed by atoms with Gasteiger partial charge in [0.15, 0.2) is 0 Å². The maximum absolute atomic E-state index is 8.25. The molecule has 0 aromatic heterocycles. The van der Waals surface area contributed by atoms with Crippen LogP contribution in [0.5, 0.6) is 0 Å². The summed E-state index contributed by atoms with van der Waals surface area (Å²) >= 11 is 0. The highest BCUT2D eigenvalue weighted by Crippen LogP contribution is 2.18. The maximum atomic E-state index is 8.25.